The van der Waals surface area contributed by atoms with Crippen LogP contribution in [0.1, 0.15) is 44.9 Å². The molecule has 2 nitrogen and oxygen atoms in total. The molecule has 94 valence electrons. The van der Waals surface area contributed by atoms with Crippen molar-refractivity contribution in [3.63, 3.8) is 0 Å². The van der Waals surface area contributed by atoms with Gasteiger partial charge in [-0.2, -0.15) is 0 Å². The molecule has 0 saturated carbocycles. The lowest BCUT2D eigenvalue weighted by atomic mass is 9.88. The predicted molar refractivity (Wildman–Crippen MR) is 72.3 cm³/mol. The fourth-order valence-corrected chi connectivity index (χ4v) is 2.29. The maximum absolute atomic E-state index is 4.58. The smallest absolute Gasteiger partial charge is 0.0416 e. The Morgan fingerprint density at radius 2 is 1.88 bits per heavy atom. The summed E-state index contributed by atoms with van der Waals surface area (Å²) in [6.07, 6.45) is 5.87. The average molecular weight is 232 g/mol. The van der Waals surface area contributed by atoms with Crippen LogP contribution in [0.3, 0.4) is 0 Å². The number of likely N-dealkylation sites (tertiary alicyclic amines) is 1. The topological polar surface area (TPSA) is 16.1 Å². The average Bonchev–Trinajstić information content (AvgIpc) is 2.78. The van der Waals surface area contributed by atoms with Gasteiger partial charge in [-0.3, -0.25) is 4.98 Å². The largest absolute Gasteiger partial charge is 0.303 e. The van der Waals surface area contributed by atoms with Gasteiger partial charge in [-0.25, -0.2) is 0 Å². The number of aromatic nitrogens is 1. The third-order valence-electron chi connectivity index (χ3n) is 3.57. The fraction of sp³-hybridized carbons (Fsp3) is 0.667. The van der Waals surface area contributed by atoms with E-state index in [0.717, 1.165) is 6.42 Å². The number of rotatable bonds is 3. The van der Waals surface area contributed by atoms with Crippen LogP contribution in [-0.2, 0) is 11.8 Å². The monoisotopic (exact) mass is 232 g/mol. The van der Waals surface area contributed by atoms with E-state index in [1.54, 1.807) is 0 Å². The molecule has 0 amide bonds. The van der Waals surface area contributed by atoms with Crippen molar-refractivity contribution in [3.8, 4) is 0 Å². The minimum Gasteiger partial charge on any atom is -0.303 e. The molecule has 2 heteroatoms. The van der Waals surface area contributed by atoms with Crippen LogP contribution in [0.2, 0.25) is 0 Å². The van der Waals surface area contributed by atoms with E-state index < -0.39 is 0 Å². The second-order valence-electron chi connectivity index (χ2n) is 6.09. The van der Waals surface area contributed by atoms with E-state index in [9.17, 15) is 0 Å². The van der Waals surface area contributed by atoms with Crippen molar-refractivity contribution in [1.29, 1.82) is 0 Å². The molecular weight excluding hydrogens is 208 g/mol. The molecule has 1 aromatic heterocycles. The Hall–Kier alpha value is -0.890. The summed E-state index contributed by atoms with van der Waals surface area (Å²) in [6.45, 7) is 10.4. The third-order valence-corrected chi connectivity index (χ3v) is 3.57. The molecule has 17 heavy (non-hydrogen) atoms. The standard InChI is InChI=1S/C15H24N2/c1-15(2,3)13-6-7-14(16-12-13)8-11-17-9-4-5-10-17/h6-7,12H,4-5,8-11H2,1-3H3. The highest BCUT2D eigenvalue weighted by Crippen LogP contribution is 2.21. The Labute approximate surface area is 105 Å². The lowest BCUT2D eigenvalue weighted by Crippen LogP contribution is -2.22. The molecule has 2 rings (SSSR count). The zero-order valence-electron chi connectivity index (χ0n) is 11.4. The highest BCUT2D eigenvalue weighted by molar-refractivity contribution is 5.21. The van der Waals surface area contributed by atoms with Crippen molar-refractivity contribution in [1.82, 2.24) is 9.88 Å². The Morgan fingerprint density at radius 3 is 2.41 bits per heavy atom. The molecule has 1 fully saturated rings. The van der Waals surface area contributed by atoms with Gasteiger partial charge in [-0.1, -0.05) is 26.8 Å². The Bertz CT molecular complexity index is 342. The molecule has 0 N–H and O–H groups in total. The zero-order chi connectivity index (χ0) is 12.3. The van der Waals surface area contributed by atoms with Crippen LogP contribution in [0.4, 0.5) is 0 Å². The second kappa shape index (κ2) is 5.18. The third kappa shape index (κ3) is 3.53. The summed E-state index contributed by atoms with van der Waals surface area (Å²) >= 11 is 0. The van der Waals surface area contributed by atoms with Crippen molar-refractivity contribution in [2.24, 2.45) is 0 Å². The van der Waals surface area contributed by atoms with Crippen LogP contribution in [0.25, 0.3) is 0 Å². The van der Waals surface area contributed by atoms with Crippen LogP contribution < -0.4 is 0 Å². The first-order valence-corrected chi connectivity index (χ1v) is 6.73. The zero-order valence-corrected chi connectivity index (χ0v) is 11.4. The summed E-state index contributed by atoms with van der Waals surface area (Å²) in [4.78, 5) is 7.12. The maximum Gasteiger partial charge on any atom is 0.0416 e. The van der Waals surface area contributed by atoms with Crippen LogP contribution in [-0.4, -0.2) is 29.5 Å². The van der Waals surface area contributed by atoms with Crippen molar-refractivity contribution in [2.75, 3.05) is 19.6 Å². The van der Waals surface area contributed by atoms with Gasteiger partial charge in [-0.05, 0) is 43.0 Å². The van der Waals surface area contributed by atoms with E-state index >= 15 is 0 Å². The van der Waals surface area contributed by atoms with E-state index in [2.05, 4.69) is 42.8 Å². The molecule has 0 atom stereocenters. The molecule has 0 unspecified atom stereocenters. The number of hydrogen-bond donors (Lipinski definition) is 0. The minimum absolute atomic E-state index is 0.209. The van der Waals surface area contributed by atoms with Gasteiger partial charge >= 0.3 is 0 Å². The van der Waals surface area contributed by atoms with Gasteiger partial charge in [0.25, 0.3) is 0 Å². The first-order valence-electron chi connectivity index (χ1n) is 6.73. The van der Waals surface area contributed by atoms with Crippen LogP contribution in [0.5, 0.6) is 0 Å². The molecule has 1 aliphatic heterocycles. The van der Waals surface area contributed by atoms with Gasteiger partial charge in [0.1, 0.15) is 0 Å². The summed E-state index contributed by atoms with van der Waals surface area (Å²) in [5.74, 6) is 0. The number of nitrogens with zero attached hydrogens (tertiary/aromatic N) is 2. The van der Waals surface area contributed by atoms with Crippen molar-refractivity contribution >= 4 is 0 Å². The molecule has 2 heterocycles. The molecule has 1 saturated heterocycles. The first kappa shape index (κ1) is 12.6. The lowest BCUT2D eigenvalue weighted by Gasteiger charge is -2.19. The highest BCUT2D eigenvalue weighted by Gasteiger charge is 2.14. The summed E-state index contributed by atoms with van der Waals surface area (Å²) < 4.78 is 0. The van der Waals surface area contributed by atoms with Gasteiger partial charge < -0.3 is 4.90 Å². The van der Waals surface area contributed by atoms with Gasteiger partial charge in [0, 0.05) is 24.9 Å². The van der Waals surface area contributed by atoms with Crippen LogP contribution in [0.15, 0.2) is 18.3 Å². The Morgan fingerprint density at radius 1 is 1.18 bits per heavy atom. The van der Waals surface area contributed by atoms with Crippen molar-refractivity contribution in [3.05, 3.63) is 29.6 Å². The molecule has 0 spiro atoms. The quantitative estimate of drug-likeness (QED) is 0.796. The van der Waals surface area contributed by atoms with E-state index in [-0.39, 0.29) is 5.41 Å². The van der Waals surface area contributed by atoms with E-state index in [0.29, 0.717) is 0 Å². The van der Waals surface area contributed by atoms with E-state index in [4.69, 9.17) is 0 Å². The van der Waals surface area contributed by atoms with Crippen molar-refractivity contribution < 1.29 is 0 Å². The molecule has 1 aliphatic rings. The SMILES string of the molecule is CC(C)(C)c1ccc(CCN2CCCC2)nc1. The molecule has 0 bridgehead atoms. The molecule has 1 aromatic rings. The lowest BCUT2D eigenvalue weighted by molar-refractivity contribution is 0.342. The highest BCUT2D eigenvalue weighted by atomic mass is 15.1. The van der Waals surface area contributed by atoms with Crippen LogP contribution in [0, 0.1) is 0 Å². The maximum atomic E-state index is 4.58. The van der Waals surface area contributed by atoms with E-state index in [1.165, 1.54) is 43.7 Å². The fourth-order valence-electron chi connectivity index (χ4n) is 2.29. The summed E-state index contributed by atoms with van der Waals surface area (Å²) in [5.41, 5.74) is 2.76. The summed E-state index contributed by atoms with van der Waals surface area (Å²) in [7, 11) is 0. The van der Waals surface area contributed by atoms with Gasteiger partial charge in [0.2, 0.25) is 0 Å². The molecular formula is C15H24N2. The molecule has 0 aliphatic carbocycles. The van der Waals surface area contributed by atoms with Gasteiger partial charge in [0.05, 0.1) is 0 Å². The summed E-state index contributed by atoms with van der Waals surface area (Å²) in [5, 5.41) is 0. The Kier molecular flexibility index (Phi) is 3.82. The molecule has 0 aromatic carbocycles. The van der Waals surface area contributed by atoms with E-state index in [1.807, 2.05) is 6.20 Å². The normalized spacial score (nSPS) is 17.6. The van der Waals surface area contributed by atoms with Crippen molar-refractivity contribution in [2.45, 2.75) is 45.4 Å². The molecule has 0 radical (unpaired) electrons. The number of hydrogen-bond acceptors (Lipinski definition) is 2. The first-order chi connectivity index (χ1) is 8.05. The predicted octanol–water partition coefficient (Wildman–Crippen LogP) is 3.02. The van der Waals surface area contributed by atoms with Gasteiger partial charge in [-0.15, -0.1) is 0 Å². The minimum atomic E-state index is 0.209. The Balaban J connectivity index is 1.89. The second-order valence-corrected chi connectivity index (χ2v) is 6.09. The van der Waals surface area contributed by atoms with Crippen LogP contribution >= 0.6 is 0 Å². The summed E-state index contributed by atoms with van der Waals surface area (Å²) in [6, 6.07) is 4.42. The van der Waals surface area contributed by atoms with Gasteiger partial charge in [0.15, 0.2) is 0 Å². The number of pyridine rings is 1.